The Morgan fingerprint density at radius 3 is 2.91 bits per heavy atom. The van der Waals surface area contributed by atoms with Gasteiger partial charge in [0.15, 0.2) is 0 Å². The summed E-state index contributed by atoms with van der Waals surface area (Å²) in [5, 5.41) is 0. The first-order chi connectivity index (χ1) is 5.29. The highest BCUT2D eigenvalue weighted by Crippen LogP contribution is 2.32. The van der Waals surface area contributed by atoms with Crippen molar-refractivity contribution in [2.75, 3.05) is 0 Å². The first-order valence-electron chi connectivity index (χ1n) is 3.73. The SMILES string of the molecule is CC1=CCc2cccc(Br)c21. The molecule has 0 aliphatic heterocycles. The molecule has 0 unspecified atom stereocenters. The lowest BCUT2D eigenvalue weighted by molar-refractivity contribution is 1.30. The van der Waals surface area contributed by atoms with Crippen LogP contribution in [0.4, 0.5) is 0 Å². The molecule has 0 atom stereocenters. The van der Waals surface area contributed by atoms with E-state index >= 15 is 0 Å². The molecule has 1 aliphatic rings. The lowest BCUT2D eigenvalue weighted by atomic mass is 10.1. The number of rotatable bonds is 0. The van der Waals surface area contributed by atoms with Gasteiger partial charge in [0.25, 0.3) is 0 Å². The number of halogens is 1. The van der Waals surface area contributed by atoms with Gasteiger partial charge in [0, 0.05) is 4.47 Å². The van der Waals surface area contributed by atoms with Crippen LogP contribution in [0.1, 0.15) is 18.1 Å². The highest BCUT2D eigenvalue weighted by atomic mass is 79.9. The second-order valence-corrected chi connectivity index (χ2v) is 3.72. The van der Waals surface area contributed by atoms with Crippen LogP contribution in [0.5, 0.6) is 0 Å². The largest absolute Gasteiger partial charge is 0.0765 e. The van der Waals surface area contributed by atoms with Gasteiger partial charge in [-0.2, -0.15) is 0 Å². The Labute approximate surface area is 75.1 Å². The second-order valence-electron chi connectivity index (χ2n) is 2.87. The summed E-state index contributed by atoms with van der Waals surface area (Å²) < 4.78 is 1.22. The van der Waals surface area contributed by atoms with Crippen LogP contribution in [0.25, 0.3) is 5.57 Å². The maximum atomic E-state index is 3.55. The molecule has 0 nitrogen and oxygen atoms in total. The molecule has 11 heavy (non-hydrogen) atoms. The van der Waals surface area contributed by atoms with Crippen LogP contribution in [0.3, 0.4) is 0 Å². The fourth-order valence-electron chi connectivity index (χ4n) is 1.55. The summed E-state index contributed by atoms with van der Waals surface area (Å²) in [6.45, 7) is 2.16. The van der Waals surface area contributed by atoms with Crippen molar-refractivity contribution < 1.29 is 0 Å². The first-order valence-corrected chi connectivity index (χ1v) is 4.53. The van der Waals surface area contributed by atoms with Crippen molar-refractivity contribution >= 4 is 21.5 Å². The van der Waals surface area contributed by atoms with Crippen molar-refractivity contribution in [1.29, 1.82) is 0 Å². The van der Waals surface area contributed by atoms with Gasteiger partial charge in [0.05, 0.1) is 0 Å². The third-order valence-corrected chi connectivity index (χ3v) is 2.78. The van der Waals surface area contributed by atoms with E-state index in [9.17, 15) is 0 Å². The van der Waals surface area contributed by atoms with Gasteiger partial charge in [-0.1, -0.05) is 34.1 Å². The zero-order chi connectivity index (χ0) is 7.84. The van der Waals surface area contributed by atoms with E-state index < -0.39 is 0 Å². The summed E-state index contributed by atoms with van der Waals surface area (Å²) >= 11 is 3.55. The molecule has 0 fully saturated rings. The summed E-state index contributed by atoms with van der Waals surface area (Å²) in [5.41, 5.74) is 4.23. The molecule has 0 heterocycles. The number of hydrogen-bond acceptors (Lipinski definition) is 0. The molecule has 1 aliphatic carbocycles. The Bertz CT molecular complexity index is 324. The summed E-state index contributed by atoms with van der Waals surface area (Å²) in [6.07, 6.45) is 3.37. The molecule has 0 spiro atoms. The Balaban J connectivity index is 2.67. The molecule has 2 rings (SSSR count). The minimum absolute atomic E-state index is 1.10. The Morgan fingerprint density at radius 2 is 2.18 bits per heavy atom. The van der Waals surface area contributed by atoms with E-state index in [2.05, 4.69) is 47.1 Å². The summed E-state index contributed by atoms with van der Waals surface area (Å²) in [7, 11) is 0. The average Bonchev–Trinajstić information content (AvgIpc) is 2.34. The zero-order valence-electron chi connectivity index (χ0n) is 6.39. The minimum atomic E-state index is 1.10. The zero-order valence-corrected chi connectivity index (χ0v) is 7.98. The fourth-order valence-corrected chi connectivity index (χ4v) is 2.27. The van der Waals surface area contributed by atoms with E-state index in [0.717, 1.165) is 6.42 Å². The maximum Gasteiger partial charge on any atom is 0.0253 e. The molecular weight excluding hydrogens is 200 g/mol. The molecule has 0 radical (unpaired) electrons. The Kier molecular flexibility index (Phi) is 1.61. The van der Waals surface area contributed by atoms with Gasteiger partial charge >= 0.3 is 0 Å². The predicted molar refractivity (Wildman–Crippen MR) is 51.5 cm³/mol. The van der Waals surface area contributed by atoms with Crippen molar-refractivity contribution in [1.82, 2.24) is 0 Å². The van der Waals surface area contributed by atoms with Gasteiger partial charge in [-0.15, -0.1) is 0 Å². The van der Waals surface area contributed by atoms with E-state index in [1.54, 1.807) is 0 Å². The van der Waals surface area contributed by atoms with E-state index in [-0.39, 0.29) is 0 Å². The smallest absolute Gasteiger partial charge is 0.0253 e. The highest BCUT2D eigenvalue weighted by Gasteiger charge is 2.12. The molecule has 56 valence electrons. The van der Waals surface area contributed by atoms with Crippen LogP contribution >= 0.6 is 15.9 Å². The molecule has 0 saturated carbocycles. The summed E-state index contributed by atoms with van der Waals surface area (Å²) in [6, 6.07) is 6.38. The summed E-state index contributed by atoms with van der Waals surface area (Å²) in [4.78, 5) is 0. The van der Waals surface area contributed by atoms with Gasteiger partial charge in [-0.05, 0) is 36.1 Å². The van der Waals surface area contributed by atoms with Crippen molar-refractivity contribution in [3.63, 3.8) is 0 Å². The van der Waals surface area contributed by atoms with Crippen LogP contribution in [0, 0.1) is 0 Å². The minimum Gasteiger partial charge on any atom is -0.0765 e. The van der Waals surface area contributed by atoms with Crippen LogP contribution in [0.2, 0.25) is 0 Å². The van der Waals surface area contributed by atoms with Gasteiger partial charge in [-0.3, -0.25) is 0 Å². The van der Waals surface area contributed by atoms with Crippen LogP contribution < -0.4 is 0 Å². The fraction of sp³-hybridized carbons (Fsp3) is 0.200. The molecule has 1 heteroatoms. The standard InChI is InChI=1S/C10H9Br/c1-7-5-6-8-3-2-4-9(11)10(7)8/h2-5H,6H2,1H3. The van der Waals surface area contributed by atoms with Gasteiger partial charge in [0.1, 0.15) is 0 Å². The second kappa shape index (κ2) is 2.49. The third kappa shape index (κ3) is 1.04. The molecule has 0 saturated heterocycles. The van der Waals surface area contributed by atoms with Crippen molar-refractivity contribution in [3.05, 3.63) is 39.9 Å². The van der Waals surface area contributed by atoms with Gasteiger partial charge in [0.2, 0.25) is 0 Å². The number of fused-ring (bicyclic) bond motifs is 1. The molecule has 0 amide bonds. The molecule has 0 N–H and O–H groups in total. The maximum absolute atomic E-state index is 3.55. The van der Waals surface area contributed by atoms with Gasteiger partial charge in [-0.25, -0.2) is 0 Å². The Morgan fingerprint density at radius 1 is 1.36 bits per heavy atom. The first kappa shape index (κ1) is 7.11. The molecule has 1 aromatic rings. The molecule has 0 aromatic heterocycles. The van der Waals surface area contributed by atoms with E-state index in [1.807, 2.05) is 0 Å². The number of allylic oxidation sites excluding steroid dienone is 2. The van der Waals surface area contributed by atoms with Crippen LogP contribution in [-0.2, 0) is 6.42 Å². The monoisotopic (exact) mass is 208 g/mol. The third-order valence-electron chi connectivity index (χ3n) is 2.12. The molecular formula is C10H9Br. The van der Waals surface area contributed by atoms with E-state index in [0.29, 0.717) is 0 Å². The highest BCUT2D eigenvalue weighted by molar-refractivity contribution is 9.10. The quantitative estimate of drug-likeness (QED) is 0.614. The molecule has 1 aromatic carbocycles. The van der Waals surface area contributed by atoms with Crippen LogP contribution in [-0.4, -0.2) is 0 Å². The van der Waals surface area contributed by atoms with E-state index in [1.165, 1.54) is 21.2 Å². The molecule has 0 bridgehead atoms. The lowest BCUT2D eigenvalue weighted by Gasteiger charge is -2.02. The number of hydrogen-bond donors (Lipinski definition) is 0. The van der Waals surface area contributed by atoms with Crippen molar-refractivity contribution in [2.45, 2.75) is 13.3 Å². The number of benzene rings is 1. The average molecular weight is 209 g/mol. The van der Waals surface area contributed by atoms with Crippen LogP contribution in [0.15, 0.2) is 28.7 Å². The topological polar surface area (TPSA) is 0 Å². The lowest BCUT2D eigenvalue weighted by Crippen LogP contribution is -1.83. The van der Waals surface area contributed by atoms with Gasteiger partial charge < -0.3 is 0 Å². The summed E-state index contributed by atoms with van der Waals surface area (Å²) in [5.74, 6) is 0. The normalized spacial score (nSPS) is 14.5. The van der Waals surface area contributed by atoms with Crippen molar-refractivity contribution in [3.8, 4) is 0 Å². The Hall–Kier alpha value is -0.560. The van der Waals surface area contributed by atoms with E-state index in [4.69, 9.17) is 0 Å². The van der Waals surface area contributed by atoms with Crippen molar-refractivity contribution in [2.24, 2.45) is 0 Å². The predicted octanol–water partition coefficient (Wildman–Crippen LogP) is 3.41.